The van der Waals surface area contributed by atoms with Crippen molar-refractivity contribution in [3.63, 3.8) is 0 Å². The molecule has 0 heterocycles. The van der Waals surface area contributed by atoms with E-state index < -0.39 is 0 Å². The molecule has 0 nitrogen and oxygen atoms in total. The minimum absolute atomic E-state index is 0. The van der Waals surface area contributed by atoms with Crippen LogP contribution in [0.1, 0.15) is 41.5 Å². The average molecular weight is 398 g/mol. The van der Waals surface area contributed by atoms with Crippen LogP contribution in [0.3, 0.4) is 0 Å². The molecule has 2 rings (SSSR count). The van der Waals surface area contributed by atoms with Crippen LogP contribution in [0.5, 0.6) is 0 Å². The third kappa shape index (κ3) is 8.73. The maximum atomic E-state index is 2.22. The van der Waals surface area contributed by atoms with Crippen molar-refractivity contribution >= 4 is 0 Å². The van der Waals surface area contributed by atoms with Gasteiger partial charge in [-0.3, -0.25) is 0 Å². The first-order valence-corrected chi connectivity index (χ1v) is 6.65. The third-order valence-electron chi connectivity index (χ3n) is 3.06. The van der Waals surface area contributed by atoms with Gasteiger partial charge in [0, 0.05) is 41.7 Å². The molecule has 0 aromatic rings. The van der Waals surface area contributed by atoms with Crippen LogP contribution < -0.4 is 0 Å². The van der Waals surface area contributed by atoms with Gasteiger partial charge in [0.25, 0.3) is 0 Å². The molecule has 2 aliphatic rings. The molecule has 2 fully saturated rings. The molecule has 20 heavy (non-hydrogen) atoms. The summed E-state index contributed by atoms with van der Waals surface area (Å²) < 4.78 is 0. The van der Waals surface area contributed by atoms with E-state index in [-0.39, 0.29) is 49.2 Å². The molecule has 0 aliphatic heterocycles. The Balaban J connectivity index is 0. The fourth-order valence-corrected chi connectivity index (χ4v) is 1.75. The van der Waals surface area contributed by atoms with Crippen LogP contribution in [0.15, 0.2) is 0 Å². The van der Waals surface area contributed by atoms with Gasteiger partial charge in [-0.15, -0.1) is 0 Å². The fourth-order valence-electron chi connectivity index (χ4n) is 1.75. The van der Waals surface area contributed by atoms with E-state index in [0.717, 1.165) is 0 Å². The van der Waals surface area contributed by atoms with Crippen molar-refractivity contribution in [2.75, 3.05) is 0 Å². The minimum atomic E-state index is 0. The van der Waals surface area contributed by atoms with Gasteiger partial charge in [-0.25, -0.2) is 0 Å². The van der Waals surface area contributed by atoms with Crippen LogP contribution in [0, 0.1) is 123 Å². The van der Waals surface area contributed by atoms with E-state index in [1.807, 2.05) is 0 Å². The molecular weight excluding hydrogens is 368 g/mol. The molecule has 0 atom stereocenters. The topological polar surface area (TPSA) is 0 Å². The standard InChI is InChI=1S/2C9H13.CH3.Ce/c2*1-9(2,3)8-6-4-5-7-8;;/h2*4-7H,1-3H3;1H3;/q;;-1;. The predicted octanol–water partition coefficient (Wildman–Crippen LogP) is 5.33. The first-order valence-electron chi connectivity index (χ1n) is 6.65. The normalized spacial score (nSPS) is 20.7. The zero-order valence-corrected chi connectivity index (χ0v) is 17.3. The molecular formula is C19H29Ce-. The zero-order valence-electron chi connectivity index (χ0n) is 14.1. The zero-order chi connectivity index (χ0) is 13.8. The van der Waals surface area contributed by atoms with Crippen LogP contribution in [0.4, 0.5) is 0 Å². The van der Waals surface area contributed by atoms with Gasteiger partial charge in [0.15, 0.2) is 0 Å². The van der Waals surface area contributed by atoms with Crippen LogP contribution >= 0.6 is 0 Å². The molecule has 2 aliphatic carbocycles. The monoisotopic (exact) mass is 397 g/mol. The van der Waals surface area contributed by atoms with Gasteiger partial charge in [-0.1, -0.05) is 41.5 Å². The maximum absolute atomic E-state index is 2.22. The first-order chi connectivity index (χ1) is 8.21. The Bertz CT molecular complexity index is 193. The number of hydrogen-bond donors (Lipinski definition) is 0. The van der Waals surface area contributed by atoms with Crippen LogP contribution in [0.25, 0.3) is 0 Å². The molecule has 0 spiro atoms. The van der Waals surface area contributed by atoms with Crippen molar-refractivity contribution in [2.24, 2.45) is 10.8 Å². The van der Waals surface area contributed by atoms with Gasteiger partial charge in [0.05, 0.1) is 0 Å². The van der Waals surface area contributed by atoms with Gasteiger partial charge < -0.3 is 7.43 Å². The van der Waals surface area contributed by atoms with Crippen molar-refractivity contribution in [1.29, 1.82) is 0 Å². The van der Waals surface area contributed by atoms with Crippen molar-refractivity contribution in [1.82, 2.24) is 0 Å². The second-order valence-electron chi connectivity index (χ2n) is 6.85. The van der Waals surface area contributed by atoms with Crippen LogP contribution in [0.2, 0.25) is 0 Å². The summed E-state index contributed by atoms with van der Waals surface area (Å²) in [7, 11) is 0. The van der Waals surface area contributed by atoms with Gasteiger partial charge in [0.2, 0.25) is 0 Å². The number of hydrogen-bond acceptors (Lipinski definition) is 0. The van der Waals surface area contributed by atoms with Crippen molar-refractivity contribution in [2.45, 2.75) is 41.5 Å². The quantitative estimate of drug-likeness (QED) is 0.485. The van der Waals surface area contributed by atoms with Crippen molar-refractivity contribution in [3.8, 4) is 0 Å². The second kappa shape index (κ2) is 10.2. The maximum Gasteiger partial charge on any atom is 0 e. The van der Waals surface area contributed by atoms with Crippen LogP contribution in [-0.4, -0.2) is 0 Å². The molecule has 10 radical (unpaired) electrons. The third-order valence-corrected chi connectivity index (χ3v) is 3.06. The summed E-state index contributed by atoms with van der Waals surface area (Å²) in [6, 6.07) is 0. The van der Waals surface area contributed by atoms with E-state index in [4.69, 9.17) is 0 Å². The van der Waals surface area contributed by atoms with Crippen LogP contribution in [-0.2, 0) is 0 Å². The molecule has 0 N–H and O–H groups in total. The summed E-state index contributed by atoms with van der Waals surface area (Å²) in [6.45, 7) is 13.3. The Kier molecular flexibility index (Phi) is 12.1. The SMILES string of the molecule is CC(C)(C)[C]1[CH][CH][CH][CH]1.CC(C)(C)[C]1[CH][CH][CH][CH]1.[CH3-].[Ce]. The van der Waals surface area contributed by atoms with E-state index >= 15 is 0 Å². The first kappa shape index (κ1) is 23.6. The summed E-state index contributed by atoms with van der Waals surface area (Å²) in [6.07, 6.45) is 17.0. The molecule has 0 amide bonds. The van der Waals surface area contributed by atoms with E-state index in [9.17, 15) is 0 Å². The Morgan fingerprint density at radius 3 is 0.850 bits per heavy atom. The van der Waals surface area contributed by atoms with Gasteiger partial charge in [0.1, 0.15) is 0 Å². The summed E-state index contributed by atoms with van der Waals surface area (Å²) in [5, 5.41) is 0. The summed E-state index contributed by atoms with van der Waals surface area (Å²) in [4.78, 5) is 0. The van der Waals surface area contributed by atoms with Crippen molar-refractivity contribution in [3.05, 3.63) is 70.6 Å². The molecule has 0 bridgehead atoms. The van der Waals surface area contributed by atoms with E-state index in [1.54, 1.807) is 0 Å². The van der Waals surface area contributed by atoms with E-state index in [2.05, 4.69) is 92.9 Å². The van der Waals surface area contributed by atoms with E-state index in [1.165, 1.54) is 11.8 Å². The molecule has 0 saturated heterocycles. The average Bonchev–Trinajstić information content (AvgIpc) is 2.91. The minimum Gasteiger partial charge on any atom is -0.358 e. The Labute approximate surface area is 163 Å². The molecule has 1 heteroatoms. The smallest absolute Gasteiger partial charge is 0 e. The summed E-state index contributed by atoms with van der Waals surface area (Å²) >= 11 is 0. The second-order valence-corrected chi connectivity index (χ2v) is 6.85. The van der Waals surface area contributed by atoms with Gasteiger partial charge >= 0.3 is 0 Å². The predicted molar refractivity (Wildman–Crippen MR) is 86.2 cm³/mol. The molecule has 2 saturated carbocycles. The van der Waals surface area contributed by atoms with Gasteiger partial charge in [-0.2, -0.15) is 0 Å². The molecule has 0 aromatic heterocycles. The Hall–Kier alpha value is 1.38. The molecule has 110 valence electrons. The fraction of sp³-hybridized carbons (Fsp3) is 0.421. The summed E-state index contributed by atoms with van der Waals surface area (Å²) in [5.74, 6) is 2.84. The summed E-state index contributed by atoms with van der Waals surface area (Å²) in [5.41, 5.74) is 0.646. The largest absolute Gasteiger partial charge is 0.358 e. The van der Waals surface area contributed by atoms with Crippen molar-refractivity contribution < 1.29 is 41.7 Å². The Morgan fingerprint density at radius 1 is 0.550 bits per heavy atom. The van der Waals surface area contributed by atoms with Gasteiger partial charge in [-0.05, 0) is 74.0 Å². The van der Waals surface area contributed by atoms with E-state index in [0.29, 0.717) is 10.8 Å². The number of rotatable bonds is 0. The molecule has 0 unspecified atom stereocenters. The molecule has 0 aromatic carbocycles. The Morgan fingerprint density at radius 2 is 0.750 bits per heavy atom.